The molecule has 0 saturated heterocycles. The fourth-order valence-electron chi connectivity index (χ4n) is 1.47. The quantitative estimate of drug-likeness (QED) is 0.241. The first-order valence-corrected chi connectivity index (χ1v) is 6.63. The van der Waals surface area contributed by atoms with Crippen molar-refractivity contribution in [2.45, 2.75) is 52.8 Å². The lowest BCUT2D eigenvalue weighted by Crippen LogP contribution is -2.57. The highest BCUT2D eigenvalue weighted by Crippen LogP contribution is 2.54. The first-order chi connectivity index (χ1) is 10.1. The summed E-state index contributed by atoms with van der Waals surface area (Å²) in [5.41, 5.74) is -12.2. The molecular weight excluding hydrogens is 501 g/mol. The molecule has 0 aromatic heterocycles. The maximum atomic E-state index is 13.3. The van der Waals surface area contributed by atoms with Crippen LogP contribution in [0.4, 0.5) is 61.5 Å². The van der Waals surface area contributed by atoms with Crippen LogP contribution in [0.3, 0.4) is 0 Å². The molecule has 0 radical (unpaired) electrons. The molecule has 0 unspecified atom stereocenters. The fourth-order valence-corrected chi connectivity index (χ4v) is 2.68. The van der Waals surface area contributed by atoms with E-state index in [0.29, 0.717) is 0 Å². The van der Waals surface area contributed by atoms with Gasteiger partial charge in [0.25, 0.3) is 11.3 Å². The van der Waals surface area contributed by atoms with Gasteiger partial charge in [0.15, 0.2) is 0 Å². The summed E-state index contributed by atoms with van der Waals surface area (Å²) in [5.74, 6) is 0. The van der Waals surface area contributed by atoms with E-state index in [1.165, 1.54) is 0 Å². The zero-order chi connectivity index (χ0) is 20.0. The van der Waals surface area contributed by atoms with E-state index in [-0.39, 0.29) is 22.6 Å². The molecule has 0 aliphatic rings. The second-order valence-electron chi connectivity index (χ2n) is 4.60. The van der Waals surface area contributed by atoms with Crippen LogP contribution in [0.5, 0.6) is 0 Å². The first kappa shape index (κ1) is 23.8. The minimum absolute atomic E-state index is 0.272. The van der Waals surface area contributed by atoms with Crippen molar-refractivity contribution < 1.29 is 61.5 Å². The Bertz CT molecular complexity index is 357. The van der Waals surface area contributed by atoms with Crippen LogP contribution in [0.1, 0.15) is 12.8 Å². The fraction of sp³-hybridized carbons (Fsp3) is 1.00. The lowest BCUT2D eigenvalue weighted by molar-refractivity contribution is -0.350. The maximum Gasteiger partial charge on any atom is 0.431 e. The van der Waals surface area contributed by atoms with Gasteiger partial charge in [-0.15, -0.1) is 0 Å². The highest BCUT2D eigenvalue weighted by atomic mass is 127. The van der Waals surface area contributed by atoms with Crippen LogP contribution in [0.15, 0.2) is 0 Å². The molecule has 0 saturated carbocycles. The van der Waals surface area contributed by atoms with Gasteiger partial charge >= 0.3 is 24.7 Å². The van der Waals surface area contributed by atoms with E-state index >= 15 is 0 Å². The molecule has 0 aliphatic carbocycles. The Hall–Kier alpha value is -0.250. The van der Waals surface area contributed by atoms with Gasteiger partial charge in [0.05, 0.1) is 0 Å². The monoisotopic (exact) mass is 506 g/mol. The summed E-state index contributed by atoms with van der Waals surface area (Å²) in [7, 11) is 0. The molecule has 0 bridgehead atoms. The zero-order valence-electron chi connectivity index (χ0n) is 10.7. The summed E-state index contributed by atoms with van der Waals surface area (Å²) in [4.78, 5) is 0. The number of hydrogen-bond acceptors (Lipinski definition) is 0. The minimum Gasteiger partial charge on any atom is -0.224 e. The normalized spacial score (nSPS) is 16.0. The van der Waals surface area contributed by atoms with Crippen molar-refractivity contribution in [3.05, 3.63) is 0 Å². The van der Waals surface area contributed by atoms with E-state index < -0.39 is 52.8 Å². The summed E-state index contributed by atoms with van der Waals surface area (Å²) in [5, 5.41) is 0. The van der Waals surface area contributed by atoms with Gasteiger partial charge in [-0.05, 0) is 0 Å². The van der Waals surface area contributed by atoms with Crippen LogP contribution in [0.25, 0.3) is 0 Å². The van der Waals surface area contributed by atoms with E-state index in [4.69, 9.17) is 0 Å². The Balaban J connectivity index is 5.69. The van der Waals surface area contributed by atoms with E-state index in [0.717, 1.165) is 0 Å². The summed E-state index contributed by atoms with van der Waals surface area (Å²) >= 11 is 0.272. The molecule has 0 rings (SSSR count). The second-order valence-corrected chi connectivity index (χ2v) is 6.36. The van der Waals surface area contributed by atoms with Crippen LogP contribution in [-0.2, 0) is 0 Å². The van der Waals surface area contributed by atoms with Crippen LogP contribution in [0, 0.1) is 0 Å². The highest BCUT2D eigenvalue weighted by molar-refractivity contribution is 14.1. The van der Waals surface area contributed by atoms with Gasteiger partial charge in [-0.25, -0.2) is 8.78 Å². The molecule has 0 aromatic rings. The van der Waals surface area contributed by atoms with Gasteiger partial charge in [0.2, 0.25) is 0 Å². The van der Waals surface area contributed by atoms with E-state index in [2.05, 4.69) is 0 Å². The predicted molar refractivity (Wildman–Crippen MR) is 58.9 cm³/mol. The Morgan fingerprint density at radius 2 is 0.625 bits per heavy atom. The molecule has 0 aromatic carbocycles. The van der Waals surface area contributed by atoms with Crippen molar-refractivity contribution in [3.63, 3.8) is 0 Å². The second kappa shape index (κ2) is 6.48. The summed E-state index contributed by atoms with van der Waals surface area (Å²) < 4.78 is 170. The number of rotatable bonds is 4. The van der Waals surface area contributed by atoms with Gasteiger partial charge in [0, 0.05) is 16.8 Å². The summed E-state index contributed by atoms with van der Waals surface area (Å²) in [6.07, 6.45) is -32.5. The van der Waals surface area contributed by atoms with Gasteiger partial charge < -0.3 is 0 Å². The van der Waals surface area contributed by atoms with Crippen LogP contribution in [0.2, 0.25) is 0 Å². The first-order valence-electron chi connectivity index (χ1n) is 5.39. The Labute approximate surface area is 137 Å². The third-order valence-corrected chi connectivity index (χ3v) is 3.68. The molecule has 146 valence electrons. The summed E-state index contributed by atoms with van der Waals surface area (Å²) in [6, 6.07) is 0. The minimum atomic E-state index is -6.68. The number of hydrogen-bond donors (Lipinski definition) is 0. The summed E-state index contributed by atoms with van der Waals surface area (Å²) in [6.45, 7) is 0. The molecule has 0 nitrogen and oxygen atoms in total. The topological polar surface area (TPSA) is 0 Å². The Morgan fingerprint density at radius 3 is 0.750 bits per heavy atom. The number of halogens is 15. The van der Waals surface area contributed by atoms with Crippen molar-refractivity contribution in [1.29, 1.82) is 0 Å². The Kier molecular flexibility index (Phi) is 6.41. The molecular formula is C9H5F14I. The average Bonchev–Trinajstić information content (AvgIpc) is 2.21. The number of alkyl halides is 15. The molecule has 0 atom stereocenters. The third-order valence-electron chi connectivity index (χ3n) is 2.80. The van der Waals surface area contributed by atoms with Crippen LogP contribution in [-0.4, -0.2) is 40.0 Å². The lowest BCUT2D eigenvalue weighted by atomic mass is 9.91. The van der Waals surface area contributed by atoms with Gasteiger partial charge in [0.1, 0.15) is 0 Å². The highest BCUT2D eigenvalue weighted by Gasteiger charge is 2.75. The van der Waals surface area contributed by atoms with Crippen molar-refractivity contribution in [3.8, 4) is 0 Å². The Morgan fingerprint density at radius 1 is 0.458 bits per heavy atom. The zero-order valence-corrected chi connectivity index (χ0v) is 12.8. The molecule has 0 N–H and O–H groups in total. The van der Waals surface area contributed by atoms with Crippen LogP contribution < -0.4 is 0 Å². The molecule has 0 amide bonds. The predicted octanol–water partition coefficient (Wildman–Crippen LogP) is 6.24. The molecule has 24 heavy (non-hydrogen) atoms. The van der Waals surface area contributed by atoms with Gasteiger partial charge in [-0.1, -0.05) is 22.6 Å². The molecule has 0 aliphatic heterocycles. The SMILES string of the molecule is FC(F)(F)C(F)(CC(I)CC(F)(C(F)(F)F)C(F)(F)F)C(F)(F)F. The average molecular weight is 506 g/mol. The van der Waals surface area contributed by atoms with E-state index in [9.17, 15) is 61.5 Å². The van der Waals surface area contributed by atoms with Gasteiger partial charge in [-0.3, -0.25) is 0 Å². The lowest BCUT2D eigenvalue weighted by Gasteiger charge is -2.35. The van der Waals surface area contributed by atoms with Crippen LogP contribution >= 0.6 is 22.6 Å². The molecule has 0 heterocycles. The van der Waals surface area contributed by atoms with E-state index in [1.54, 1.807) is 0 Å². The van der Waals surface area contributed by atoms with Crippen molar-refractivity contribution in [2.75, 3.05) is 0 Å². The van der Waals surface area contributed by atoms with Crippen molar-refractivity contribution in [2.24, 2.45) is 0 Å². The standard InChI is InChI=1S/C9H5F14I/c10-4(6(12,13)14,7(15,16)17)1-3(24)2-5(11,8(18,19)20)9(21,22)23/h3H,1-2H2. The van der Waals surface area contributed by atoms with E-state index in [1.807, 2.05) is 0 Å². The van der Waals surface area contributed by atoms with Crippen molar-refractivity contribution >= 4 is 22.6 Å². The van der Waals surface area contributed by atoms with Crippen molar-refractivity contribution in [1.82, 2.24) is 0 Å². The van der Waals surface area contributed by atoms with Gasteiger partial charge in [-0.2, -0.15) is 52.7 Å². The molecule has 15 heteroatoms. The third kappa shape index (κ3) is 4.47. The largest absolute Gasteiger partial charge is 0.431 e. The molecule has 0 spiro atoms. The maximum absolute atomic E-state index is 13.3. The smallest absolute Gasteiger partial charge is 0.224 e. The molecule has 0 fully saturated rings.